The van der Waals surface area contributed by atoms with Crippen molar-refractivity contribution in [3.8, 4) is 0 Å². The molecule has 0 spiro atoms. The third-order valence-corrected chi connectivity index (χ3v) is 5.40. The van der Waals surface area contributed by atoms with Crippen LogP contribution in [0.15, 0.2) is 37.2 Å². The Labute approximate surface area is 150 Å². The standard InChI is InChI=1S/C16H22N4O2S2/c21-15(11-23-7-1-13-9-17-3-5-19-13)16(22)12-24-8-2-14-10-18-4-6-20-14/h3-6,9-10,15-16,21-22H,1-2,7-8,11-12H2/t15-,16+. The smallest absolute Gasteiger partial charge is 0.0897 e. The van der Waals surface area contributed by atoms with Gasteiger partial charge in [-0.15, -0.1) is 0 Å². The molecule has 2 N–H and O–H groups in total. The van der Waals surface area contributed by atoms with E-state index in [9.17, 15) is 10.2 Å². The van der Waals surface area contributed by atoms with E-state index in [1.807, 2.05) is 0 Å². The third-order valence-electron chi connectivity index (χ3n) is 3.26. The maximum Gasteiger partial charge on any atom is 0.0897 e. The summed E-state index contributed by atoms with van der Waals surface area (Å²) in [5.74, 6) is 2.74. The first-order chi connectivity index (χ1) is 11.8. The number of hydrogen-bond acceptors (Lipinski definition) is 8. The van der Waals surface area contributed by atoms with Crippen LogP contribution in [0.1, 0.15) is 11.4 Å². The van der Waals surface area contributed by atoms with Crippen LogP contribution in [0, 0.1) is 0 Å². The van der Waals surface area contributed by atoms with Gasteiger partial charge in [-0.2, -0.15) is 23.5 Å². The summed E-state index contributed by atoms with van der Waals surface area (Å²) in [5.41, 5.74) is 1.89. The van der Waals surface area contributed by atoms with E-state index in [-0.39, 0.29) is 0 Å². The van der Waals surface area contributed by atoms with Crippen molar-refractivity contribution in [2.24, 2.45) is 0 Å². The first kappa shape index (κ1) is 19.1. The van der Waals surface area contributed by atoms with Crippen LogP contribution in [0.5, 0.6) is 0 Å². The second-order valence-corrected chi connectivity index (χ2v) is 7.48. The van der Waals surface area contributed by atoms with Crippen molar-refractivity contribution >= 4 is 23.5 Å². The maximum atomic E-state index is 10.00. The van der Waals surface area contributed by atoms with Crippen LogP contribution in [-0.2, 0) is 12.8 Å². The highest BCUT2D eigenvalue weighted by Gasteiger charge is 2.16. The molecule has 0 aliphatic heterocycles. The monoisotopic (exact) mass is 366 g/mol. The number of nitrogens with zero attached hydrogens (tertiary/aromatic N) is 4. The molecule has 24 heavy (non-hydrogen) atoms. The SMILES string of the molecule is O[C@H](CSCCc1cnccn1)[C@@H](O)CSCCc1cnccn1. The Kier molecular flexibility index (Phi) is 9.04. The summed E-state index contributed by atoms with van der Waals surface area (Å²) in [7, 11) is 0. The molecular formula is C16H22N4O2S2. The van der Waals surface area contributed by atoms with Crippen molar-refractivity contribution in [3.05, 3.63) is 48.6 Å². The largest absolute Gasteiger partial charge is 0.390 e. The Morgan fingerprint density at radius 2 is 1.21 bits per heavy atom. The summed E-state index contributed by atoms with van der Waals surface area (Å²) in [6, 6.07) is 0. The molecule has 0 saturated carbocycles. The second kappa shape index (κ2) is 11.4. The van der Waals surface area contributed by atoms with Crippen molar-refractivity contribution in [3.63, 3.8) is 0 Å². The van der Waals surface area contributed by atoms with Gasteiger partial charge in [0.05, 0.1) is 23.6 Å². The van der Waals surface area contributed by atoms with Crippen LogP contribution >= 0.6 is 23.5 Å². The topological polar surface area (TPSA) is 92.0 Å². The van der Waals surface area contributed by atoms with Gasteiger partial charge in [0.2, 0.25) is 0 Å². The Balaban J connectivity index is 1.52. The average molecular weight is 367 g/mol. The van der Waals surface area contributed by atoms with Crippen molar-refractivity contribution < 1.29 is 10.2 Å². The fraction of sp³-hybridized carbons (Fsp3) is 0.500. The van der Waals surface area contributed by atoms with Gasteiger partial charge in [-0.3, -0.25) is 19.9 Å². The lowest BCUT2D eigenvalue weighted by molar-refractivity contribution is 0.0500. The van der Waals surface area contributed by atoms with Gasteiger partial charge in [-0.25, -0.2) is 0 Å². The molecule has 2 rings (SSSR count). The fourth-order valence-electron chi connectivity index (χ4n) is 1.90. The quantitative estimate of drug-likeness (QED) is 0.574. The molecule has 0 saturated heterocycles. The lowest BCUT2D eigenvalue weighted by Gasteiger charge is -2.17. The molecule has 0 aliphatic carbocycles. The Morgan fingerprint density at radius 3 is 1.58 bits per heavy atom. The summed E-state index contributed by atoms with van der Waals surface area (Å²) in [6.07, 6.45) is 10.4. The zero-order valence-electron chi connectivity index (χ0n) is 13.4. The molecule has 2 aromatic heterocycles. The number of aliphatic hydroxyl groups excluding tert-OH is 2. The van der Waals surface area contributed by atoms with Gasteiger partial charge < -0.3 is 10.2 Å². The van der Waals surface area contributed by atoms with Crippen molar-refractivity contribution in [2.45, 2.75) is 25.0 Å². The number of aryl methyl sites for hydroxylation is 2. The molecule has 8 heteroatoms. The van der Waals surface area contributed by atoms with Gasteiger partial charge in [0.15, 0.2) is 0 Å². The summed E-state index contributed by atoms with van der Waals surface area (Å²) >= 11 is 3.23. The van der Waals surface area contributed by atoms with E-state index in [1.54, 1.807) is 60.7 Å². The summed E-state index contributed by atoms with van der Waals surface area (Å²) < 4.78 is 0. The highest BCUT2D eigenvalue weighted by Crippen LogP contribution is 2.13. The van der Waals surface area contributed by atoms with Gasteiger partial charge in [0.1, 0.15) is 0 Å². The van der Waals surface area contributed by atoms with Crippen LogP contribution in [-0.4, -0.2) is 65.4 Å². The Morgan fingerprint density at radius 1 is 0.750 bits per heavy atom. The summed E-state index contributed by atoms with van der Waals surface area (Å²) in [6.45, 7) is 0. The molecule has 0 bridgehead atoms. The van der Waals surface area contributed by atoms with E-state index < -0.39 is 12.2 Å². The third kappa shape index (κ3) is 7.57. The minimum atomic E-state index is -0.708. The van der Waals surface area contributed by atoms with Crippen molar-refractivity contribution in [1.82, 2.24) is 19.9 Å². The van der Waals surface area contributed by atoms with E-state index in [0.29, 0.717) is 11.5 Å². The van der Waals surface area contributed by atoms with Crippen LogP contribution in [0.25, 0.3) is 0 Å². The van der Waals surface area contributed by atoms with E-state index in [1.165, 1.54) is 0 Å². The molecule has 0 amide bonds. The second-order valence-electron chi connectivity index (χ2n) is 5.18. The Hall–Kier alpha value is -1.22. The maximum absolute atomic E-state index is 10.00. The molecular weight excluding hydrogens is 344 g/mol. The molecule has 0 unspecified atom stereocenters. The van der Waals surface area contributed by atoms with Crippen LogP contribution in [0.2, 0.25) is 0 Å². The number of aliphatic hydroxyl groups is 2. The molecule has 2 atom stereocenters. The van der Waals surface area contributed by atoms with Crippen LogP contribution in [0.3, 0.4) is 0 Å². The highest BCUT2D eigenvalue weighted by atomic mass is 32.2. The Bertz CT molecular complexity index is 511. The van der Waals surface area contributed by atoms with E-state index in [2.05, 4.69) is 19.9 Å². The summed E-state index contributed by atoms with van der Waals surface area (Å²) in [4.78, 5) is 16.4. The molecule has 2 aromatic rings. The fourth-order valence-corrected chi connectivity index (χ4v) is 3.87. The van der Waals surface area contributed by atoms with E-state index in [0.717, 1.165) is 35.7 Å². The van der Waals surface area contributed by atoms with Crippen molar-refractivity contribution in [2.75, 3.05) is 23.0 Å². The molecule has 0 aliphatic rings. The predicted octanol–water partition coefficient (Wildman–Crippen LogP) is 1.24. The van der Waals surface area contributed by atoms with E-state index in [4.69, 9.17) is 0 Å². The van der Waals surface area contributed by atoms with Gasteiger partial charge in [-0.1, -0.05) is 0 Å². The number of thioether (sulfide) groups is 2. The van der Waals surface area contributed by atoms with Crippen LogP contribution in [0.4, 0.5) is 0 Å². The lowest BCUT2D eigenvalue weighted by atomic mass is 10.3. The minimum absolute atomic E-state index is 0.520. The van der Waals surface area contributed by atoms with Gasteiger partial charge in [0, 0.05) is 61.5 Å². The normalized spacial score (nSPS) is 13.6. The molecule has 0 radical (unpaired) electrons. The number of hydrogen-bond donors (Lipinski definition) is 2. The number of aromatic nitrogens is 4. The first-order valence-electron chi connectivity index (χ1n) is 7.77. The zero-order valence-corrected chi connectivity index (χ0v) is 15.0. The molecule has 130 valence electrons. The molecule has 2 heterocycles. The van der Waals surface area contributed by atoms with Gasteiger partial charge >= 0.3 is 0 Å². The predicted molar refractivity (Wildman–Crippen MR) is 98.1 cm³/mol. The van der Waals surface area contributed by atoms with Gasteiger partial charge in [0.25, 0.3) is 0 Å². The minimum Gasteiger partial charge on any atom is -0.390 e. The summed E-state index contributed by atoms with van der Waals surface area (Å²) in [5, 5.41) is 20.0. The zero-order chi connectivity index (χ0) is 17.0. The highest BCUT2D eigenvalue weighted by molar-refractivity contribution is 7.99. The molecule has 0 fully saturated rings. The molecule has 6 nitrogen and oxygen atoms in total. The first-order valence-corrected chi connectivity index (χ1v) is 10.1. The van der Waals surface area contributed by atoms with E-state index >= 15 is 0 Å². The number of rotatable bonds is 11. The van der Waals surface area contributed by atoms with Crippen molar-refractivity contribution in [1.29, 1.82) is 0 Å². The van der Waals surface area contributed by atoms with Gasteiger partial charge in [-0.05, 0) is 11.5 Å². The average Bonchev–Trinajstić information content (AvgIpc) is 2.63. The molecule has 0 aromatic carbocycles. The lowest BCUT2D eigenvalue weighted by Crippen LogP contribution is -2.30. The van der Waals surface area contributed by atoms with Crippen LogP contribution < -0.4 is 0 Å².